The molecule has 1 saturated carbocycles. The van der Waals surface area contributed by atoms with Crippen LogP contribution in [-0.2, 0) is 6.42 Å². The molecule has 3 atom stereocenters. The molecule has 1 fully saturated rings. The molecule has 2 aromatic rings. The van der Waals surface area contributed by atoms with Crippen molar-refractivity contribution < 1.29 is 0 Å². The van der Waals surface area contributed by atoms with Crippen LogP contribution in [0.4, 0.5) is 0 Å². The average Bonchev–Trinajstić information content (AvgIpc) is 2.91. The Morgan fingerprint density at radius 3 is 2.65 bits per heavy atom. The van der Waals surface area contributed by atoms with Crippen molar-refractivity contribution in [3.8, 4) is 0 Å². The molecule has 0 saturated heterocycles. The fourth-order valence-electron chi connectivity index (χ4n) is 3.83. The molecule has 0 aliphatic heterocycles. The summed E-state index contributed by atoms with van der Waals surface area (Å²) < 4.78 is 0. The molecule has 3 unspecified atom stereocenters. The largest absolute Gasteiger partial charge is 0.316 e. The third-order valence-electron chi connectivity index (χ3n) is 4.99. The molecule has 106 valence electrons. The first-order chi connectivity index (χ1) is 9.78. The summed E-state index contributed by atoms with van der Waals surface area (Å²) in [5, 5.41) is 6.36. The van der Waals surface area contributed by atoms with Crippen LogP contribution >= 0.6 is 0 Å². The molecule has 2 aromatic carbocycles. The SMILES string of the molecule is CNC(Cc1cccc2ccccc12)C1CCC(C)C1. The Morgan fingerprint density at radius 1 is 1.10 bits per heavy atom. The maximum absolute atomic E-state index is 3.58. The second kappa shape index (κ2) is 5.97. The molecule has 0 bridgehead atoms. The number of fused-ring (bicyclic) bond motifs is 1. The molecule has 1 heteroatoms. The summed E-state index contributed by atoms with van der Waals surface area (Å²) in [5.74, 6) is 1.75. The quantitative estimate of drug-likeness (QED) is 0.865. The Morgan fingerprint density at radius 2 is 1.90 bits per heavy atom. The van der Waals surface area contributed by atoms with Gasteiger partial charge in [0.2, 0.25) is 0 Å². The van der Waals surface area contributed by atoms with Crippen molar-refractivity contribution in [2.45, 2.75) is 38.6 Å². The van der Waals surface area contributed by atoms with E-state index in [0.29, 0.717) is 6.04 Å². The van der Waals surface area contributed by atoms with Gasteiger partial charge in [-0.2, -0.15) is 0 Å². The zero-order valence-electron chi connectivity index (χ0n) is 12.6. The molecule has 3 rings (SSSR count). The normalized spacial score (nSPS) is 24.1. The number of hydrogen-bond acceptors (Lipinski definition) is 1. The van der Waals surface area contributed by atoms with Crippen molar-refractivity contribution in [3.05, 3.63) is 48.0 Å². The van der Waals surface area contributed by atoms with E-state index in [4.69, 9.17) is 0 Å². The lowest BCUT2D eigenvalue weighted by molar-refractivity contribution is 0.368. The fraction of sp³-hybridized carbons (Fsp3) is 0.474. The van der Waals surface area contributed by atoms with Gasteiger partial charge in [0.1, 0.15) is 0 Å². The fourth-order valence-corrected chi connectivity index (χ4v) is 3.83. The highest BCUT2D eigenvalue weighted by Crippen LogP contribution is 2.34. The second-order valence-corrected chi connectivity index (χ2v) is 6.42. The molecule has 20 heavy (non-hydrogen) atoms. The Hall–Kier alpha value is -1.34. The number of nitrogens with one attached hydrogen (secondary N) is 1. The first-order valence-corrected chi connectivity index (χ1v) is 7.92. The van der Waals surface area contributed by atoms with E-state index in [1.165, 1.54) is 35.6 Å². The third kappa shape index (κ3) is 2.73. The van der Waals surface area contributed by atoms with Crippen LogP contribution < -0.4 is 5.32 Å². The summed E-state index contributed by atoms with van der Waals surface area (Å²) in [4.78, 5) is 0. The molecule has 1 aliphatic rings. The van der Waals surface area contributed by atoms with E-state index in [1.807, 2.05) is 0 Å². The molecular weight excluding hydrogens is 242 g/mol. The number of hydrogen-bond donors (Lipinski definition) is 1. The van der Waals surface area contributed by atoms with E-state index in [0.717, 1.165) is 18.3 Å². The van der Waals surface area contributed by atoms with Crippen LogP contribution in [0, 0.1) is 11.8 Å². The van der Waals surface area contributed by atoms with Crippen molar-refractivity contribution in [1.82, 2.24) is 5.32 Å². The van der Waals surface area contributed by atoms with Crippen molar-refractivity contribution in [1.29, 1.82) is 0 Å². The lowest BCUT2D eigenvalue weighted by atomic mass is 9.90. The van der Waals surface area contributed by atoms with E-state index in [-0.39, 0.29) is 0 Å². The van der Waals surface area contributed by atoms with Gasteiger partial charge in [0.15, 0.2) is 0 Å². The summed E-state index contributed by atoms with van der Waals surface area (Å²) in [7, 11) is 2.12. The standard InChI is InChI=1S/C19H25N/c1-14-10-11-17(12-14)19(20-2)13-16-8-5-7-15-6-3-4-9-18(15)16/h3-9,14,17,19-20H,10-13H2,1-2H3. The summed E-state index contributed by atoms with van der Waals surface area (Å²) in [5.41, 5.74) is 1.49. The molecule has 0 radical (unpaired) electrons. The minimum Gasteiger partial charge on any atom is -0.316 e. The van der Waals surface area contributed by atoms with Crippen LogP contribution in [0.15, 0.2) is 42.5 Å². The highest BCUT2D eigenvalue weighted by Gasteiger charge is 2.28. The van der Waals surface area contributed by atoms with Crippen molar-refractivity contribution in [2.24, 2.45) is 11.8 Å². The summed E-state index contributed by atoms with van der Waals surface area (Å²) in [6, 6.07) is 16.1. The van der Waals surface area contributed by atoms with Gasteiger partial charge in [-0.3, -0.25) is 0 Å². The Bertz CT molecular complexity index is 569. The van der Waals surface area contributed by atoms with Crippen LogP contribution in [0.25, 0.3) is 10.8 Å². The van der Waals surface area contributed by atoms with E-state index < -0.39 is 0 Å². The Kier molecular flexibility index (Phi) is 4.07. The van der Waals surface area contributed by atoms with Gasteiger partial charge < -0.3 is 5.32 Å². The summed E-state index contributed by atoms with van der Waals surface area (Å²) in [6.07, 6.45) is 5.32. The summed E-state index contributed by atoms with van der Waals surface area (Å²) in [6.45, 7) is 2.39. The van der Waals surface area contributed by atoms with Gasteiger partial charge in [-0.25, -0.2) is 0 Å². The molecule has 1 N–H and O–H groups in total. The van der Waals surface area contributed by atoms with Crippen LogP contribution in [-0.4, -0.2) is 13.1 Å². The minimum atomic E-state index is 0.616. The van der Waals surface area contributed by atoms with E-state index in [1.54, 1.807) is 0 Å². The maximum Gasteiger partial charge on any atom is 0.0133 e. The lowest BCUT2D eigenvalue weighted by Crippen LogP contribution is -2.34. The van der Waals surface area contributed by atoms with Gasteiger partial charge in [0, 0.05) is 6.04 Å². The van der Waals surface area contributed by atoms with Gasteiger partial charge in [-0.05, 0) is 54.5 Å². The van der Waals surface area contributed by atoms with Gasteiger partial charge in [0.05, 0.1) is 0 Å². The highest BCUT2D eigenvalue weighted by molar-refractivity contribution is 5.85. The maximum atomic E-state index is 3.58. The lowest BCUT2D eigenvalue weighted by Gasteiger charge is -2.24. The van der Waals surface area contributed by atoms with Crippen LogP contribution in [0.2, 0.25) is 0 Å². The number of benzene rings is 2. The highest BCUT2D eigenvalue weighted by atomic mass is 14.9. The monoisotopic (exact) mass is 267 g/mol. The van der Waals surface area contributed by atoms with Crippen molar-refractivity contribution >= 4 is 10.8 Å². The zero-order chi connectivity index (χ0) is 13.9. The van der Waals surface area contributed by atoms with Crippen LogP contribution in [0.1, 0.15) is 31.7 Å². The van der Waals surface area contributed by atoms with Gasteiger partial charge in [-0.15, -0.1) is 0 Å². The van der Waals surface area contributed by atoms with Crippen LogP contribution in [0.5, 0.6) is 0 Å². The second-order valence-electron chi connectivity index (χ2n) is 6.42. The van der Waals surface area contributed by atoms with E-state index >= 15 is 0 Å². The first-order valence-electron chi connectivity index (χ1n) is 7.92. The van der Waals surface area contributed by atoms with Crippen molar-refractivity contribution in [2.75, 3.05) is 7.05 Å². The number of likely N-dealkylation sites (N-methyl/N-ethyl adjacent to an activating group) is 1. The van der Waals surface area contributed by atoms with Crippen LogP contribution in [0.3, 0.4) is 0 Å². The Balaban J connectivity index is 1.84. The van der Waals surface area contributed by atoms with Crippen molar-refractivity contribution in [3.63, 3.8) is 0 Å². The zero-order valence-corrected chi connectivity index (χ0v) is 12.6. The molecule has 1 nitrogen and oxygen atoms in total. The smallest absolute Gasteiger partial charge is 0.0133 e. The number of rotatable bonds is 4. The van der Waals surface area contributed by atoms with E-state index in [9.17, 15) is 0 Å². The van der Waals surface area contributed by atoms with E-state index in [2.05, 4.69) is 61.8 Å². The molecular formula is C19H25N. The topological polar surface area (TPSA) is 12.0 Å². The average molecular weight is 267 g/mol. The Labute approximate surface area is 122 Å². The van der Waals surface area contributed by atoms with Gasteiger partial charge in [-0.1, -0.05) is 55.8 Å². The molecule has 0 aromatic heterocycles. The predicted molar refractivity (Wildman–Crippen MR) is 87.0 cm³/mol. The summed E-state index contributed by atoms with van der Waals surface area (Å²) >= 11 is 0. The first kappa shape index (κ1) is 13.6. The minimum absolute atomic E-state index is 0.616. The molecule has 0 spiro atoms. The third-order valence-corrected chi connectivity index (χ3v) is 4.99. The van der Waals surface area contributed by atoms with Gasteiger partial charge in [0.25, 0.3) is 0 Å². The predicted octanol–water partition coefficient (Wildman–Crippen LogP) is 4.41. The molecule has 1 aliphatic carbocycles. The van der Waals surface area contributed by atoms with Gasteiger partial charge >= 0.3 is 0 Å². The molecule has 0 heterocycles. The molecule has 0 amide bonds.